The molecule has 6 heteroatoms. The van der Waals surface area contributed by atoms with Crippen LogP contribution in [-0.2, 0) is 11.2 Å². The molecule has 0 bridgehead atoms. The molecule has 0 fully saturated rings. The molecule has 0 aliphatic rings. The molecule has 2 N–H and O–H groups in total. The predicted octanol–water partition coefficient (Wildman–Crippen LogP) is 3.91. The molecule has 0 aliphatic carbocycles. The van der Waals surface area contributed by atoms with Crippen LogP contribution in [-0.4, -0.2) is 17.4 Å². The van der Waals surface area contributed by atoms with Gasteiger partial charge in [-0.05, 0) is 30.5 Å². The average molecular weight is 327 g/mol. The molecular formula is C18H21N3O3. The lowest BCUT2D eigenvalue weighted by Gasteiger charge is -2.13. The lowest BCUT2D eigenvalue weighted by molar-refractivity contribution is -0.384. The highest BCUT2D eigenvalue weighted by Crippen LogP contribution is 2.23. The largest absolute Gasteiger partial charge is 0.379 e. The van der Waals surface area contributed by atoms with Gasteiger partial charge in [0.2, 0.25) is 5.91 Å². The number of carbonyl (C=O) groups is 1. The van der Waals surface area contributed by atoms with Gasteiger partial charge in [0.15, 0.2) is 0 Å². The highest BCUT2D eigenvalue weighted by atomic mass is 16.6. The van der Waals surface area contributed by atoms with Crippen molar-refractivity contribution >= 4 is 23.0 Å². The Hall–Kier alpha value is -2.89. The van der Waals surface area contributed by atoms with Crippen LogP contribution in [0.1, 0.15) is 24.5 Å². The van der Waals surface area contributed by atoms with E-state index in [1.54, 1.807) is 18.2 Å². The highest BCUT2D eigenvalue weighted by molar-refractivity contribution is 5.92. The zero-order chi connectivity index (χ0) is 17.5. The maximum absolute atomic E-state index is 12.2. The third-order valence-corrected chi connectivity index (χ3v) is 3.77. The van der Waals surface area contributed by atoms with E-state index in [9.17, 15) is 14.9 Å². The molecule has 126 valence electrons. The van der Waals surface area contributed by atoms with E-state index in [1.807, 2.05) is 32.0 Å². The number of nitrogens with zero attached hydrogens (tertiary/aromatic N) is 1. The van der Waals surface area contributed by atoms with Crippen LogP contribution in [0, 0.1) is 17.0 Å². The van der Waals surface area contributed by atoms with E-state index in [-0.39, 0.29) is 18.0 Å². The van der Waals surface area contributed by atoms with Crippen molar-refractivity contribution in [2.45, 2.75) is 26.7 Å². The molecule has 0 aromatic heterocycles. The molecule has 0 spiro atoms. The lowest BCUT2D eigenvalue weighted by atomic mass is 10.1. The number of rotatable bonds is 7. The second kappa shape index (κ2) is 8.10. The van der Waals surface area contributed by atoms with Gasteiger partial charge in [-0.15, -0.1) is 0 Å². The van der Waals surface area contributed by atoms with Gasteiger partial charge in [0.1, 0.15) is 5.69 Å². The Morgan fingerprint density at radius 1 is 1.17 bits per heavy atom. The van der Waals surface area contributed by atoms with Crippen molar-refractivity contribution < 1.29 is 9.72 Å². The standard InChI is InChI=1S/C18H21N3O3/c1-3-14-8-6-7-13(2)18(14)20-17(22)11-12-19-15-9-4-5-10-16(15)21(23)24/h4-10,19H,3,11-12H2,1-2H3,(H,20,22). The van der Waals surface area contributed by atoms with E-state index in [4.69, 9.17) is 0 Å². The van der Waals surface area contributed by atoms with Crippen molar-refractivity contribution in [1.29, 1.82) is 0 Å². The Kier molecular flexibility index (Phi) is 5.89. The summed E-state index contributed by atoms with van der Waals surface area (Å²) >= 11 is 0. The number of hydrogen-bond donors (Lipinski definition) is 2. The predicted molar refractivity (Wildman–Crippen MR) is 95.4 cm³/mol. The topological polar surface area (TPSA) is 84.3 Å². The summed E-state index contributed by atoms with van der Waals surface area (Å²) in [6.07, 6.45) is 1.06. The summed E-state index contributed by atoms with van der Waals surface area (Å²) in [6.45, 7) is 4.32. The van der Waals surface area contributed by atoms with Crippen molar-refractivity contribution in [2.24, 2.45) is 0 Å². The fourth-order valence-electron chi connectivity index (χ4n) is 2.50. The molecule has 2 rings (SSSR count). The Bertz CT molecular complexity index is 744. The fourth-order valence-corrected chi connectivity index (χ4v) is 2.50. The molecular weight excluding hydrogens is 306 g/mol. The van der Waals surface area contributed by atoms with Gasteiger partial charge in [-0.2, -0.15) is 0 Å². The minimum absolute atomic E-state index is 0.00470. The third-order valence-electron chi connectivity index (χ3n) is 3.77. The van der Waals surface area contributed by atoms with E-state index in [2.05, 4.69) is 10.6 Å². The number of nitro groups is 1. The SMILES string of the molecule is CCc1cccc(C)c1NC(=O)CCNc1ccccc1[N+](=O)[O-]. The molecule has 2 aromatic carbocycles. The molecule has 0 unspecified atom stereocenters. The number of carbonyl (C=O) groups excluding carboxylic acids is 1. The van der Waals surface area contributed by atoms with Crippen molar-refractivity contribution in [3.8, 4) is 0 Å². The van der Waals surface area contributed by atoms with Gasteiger partial charge in [-0.1, -0.05) is 37.3 Å². The fraction of sp³-hybridized carbons (Fsp3) is 0.278. The molecule has 24 heavy (non-hydrogen) atoms. The van der Waals surface area contributed by atoms with Crippen LogP contribution in [0.5, 0.6) is 0 Å². The normalized spacial score (nSPS) is 10.2. The molecule has 0 saturated heterocycles. The van der Waals surface area contributed by atoms with Gasteiger partial charge in [0, 0.05) is 24.7 Å². The van der Waals surface area contributed by atoms with Crippen molar-refractivity contribution in [2.75, 3.05) is 17.2 Å². The summed E-state index contributed by atoms with van der Waals surface area (Å²) in [7, 11) is 0. The molecule has 0 heterocycles. The summed E-state index contributed by atoms with van der Waals surface area (Å²) in [4.78, 5) is 22.7. The van der Waals surface area contributed by atoms with Crippen LogP contribution in [0.4, 0.5) is 17.1 Å². The average Bonchev–Trinajstić information content (AvgIpc) is 2.57. The summed E-state index contributed by atoms with van der Waals surface area (Å²) in [6, 6.07) is 12.3. The summed E-state index contributed by atoms with van der Waals surface area (Å²) in [5, 5.41) is 16.8. The van der Waals surface area contributed by atoms with E-state index in [0.29, 0.717) is 12.2 Å². The maximum Gasteiger partial charge on any atom is 0.292 e. The van der Waals surface area contributed by atoms with Gasteiger partial charge in [-0.3, -0.25) is 14.9 Å². The van der Waals surface area contributed by atoms with E-state index in [1.165, 1.54) is 6.07 Å². The van der Waals surface area contributed by atoms with Crippen molar-refractivity contribution in [3.05, 3.63) is 63.7 Å². The third kappa shape index (κ3) is 4.32. The maximum atomic E-state index is 12.2. The summed E-state index contributed by atoms with van der Waals surface area (Å²) < 4.78 is 0. The highest BCUT2D eigenvalue weighted by Gasteiger charge is 2.13. The quantitative estimate of drug-likeness (QED) is 0.596. The Morgan fingerprint density at radius 2 is 1.92 bits per heavy atom. The Balaban J connectivity index is 1.94. The molecule has 0 atom stereocenters. The number of nitrogens with one attached hydrogen (secondary N) is 2. The minimum atomic E-state index is -0.441. The van der Waals surface area contributed by atoms with E-state index >= 15 is 0 Å². The van der Waals surface area contributed by atoms with Crippen LogP contribution in [0.25, 0.3) is 0 Å². The first-order valence-corrected chi connectivity index (χ1v) is 7.88. The number of para-hydroxylation sites is 3. The van der Waals surface area contributed by atoms with E-state index < -0.39 is 4.92 Å². The van der Waals surface area contributed by atoms with Gasteiger partial charge >= 0.3 is 0 Å². The molecule has 0 aliphatic heterocycles. The number of hydrogen-bond acceptors (Lipinski definition) is 4. The summed E-state index contributed by atoms with van der Waals surface area (Å²) in [5.41, 5.74) is 3.39. The van der Waals surface area contributed by atoms with Gasteiger partial charge in [0.25, 0.3) is 5.69 Å². The zero-order valence-corrected chi connectivity index (χ0v) is 13.8. The first-order valence-electron chi connectivity index (χ1n) is 7.88. The second-order valence-electron chi connectivity index (χ2n) is 5.46. The smallest absolute Gasteiger partial charge is 0.292 e. The van der Waals surface area contributed by atoms with Gasteiger partial charge < -0.3 is 10.6 Å². The van der Waals surface area contributed by atoms with Crippen molar-refractivity contribution in [3.63, 3.8) is 0 Å². The van der Waals surface area contributed by atoms with Crippen LogP contribution in [0.3, 0.4) is 0 Å². The number of aryl methyl sites for hydroxylation is 2. The van der Waals surface area contributed by atoms with Crippen molar-refractivity contribution in [1.82, 2.24) is 0 Å². The number of amides is 1. The Labute approximate surface area is 141 Å². The van der Waals surface area contributed by atoms with Crippen LogP contribution in [0.15, 0.2) is 42.5 Å². The first-order chi connectivity index (χ1) is 11.5. The van der Waals surface area contributed by atoms with Crippen LogP contribution in [0.2, 0.25) is 0 Å². The van der Waals surface area contributed by atoms with Gasteiger partial charge in [-0.25, -0.2) is 0 Å². The number of benzene rings is 2. The summed E-state index contributed by atoms with van der Waals surface area (Å²) in [5.74, 6) is -0.120. The Morgan fingerprint density at radius 3 is 2.62 bits per heavy atom. The van der Waals surface area contributed by atoms with E-state index in [0.717, 1.165) is 23.2 Å². The monoisotopic (exact) mass is 327 g/mol. The molecule has 0 radical (unpaired) electrons. The van der Waals surface area contributed by atoms with Crippen LogP contribution >= 0.6 is 0 Å². The first kappa shape index (κ1) is 17.5. The van der Waals surface area contributed by atoms with Crippen LogP contribution < -0.4 is 10.6 Å². The molecule has 0 saturated carbocycles. The molecule has 6 nitrogen and oxygen atoms in total. The second-order valence-corrected chi connectivity index (χ2v) is 5.46. The lowest BCUT2D eigenvalue weighted by Crippen LogP contribution is -2.18. The minimum Gasteiger partial charge on any atom is -0.379 e. The zero-order valence-electron chi connectivity index (χ0n) is 13.8. The number of anilines is 2. The molecule has 1 amide bonds. The van der Waals surface area contributed by atoms with Gasteiger partial charge in [0.05, 0.1) is 4.92 Å². The molecule has 2 aromatic rings. The number of nitro benzene ring substituents is 1.